The quantitative estimate of drug-likeness (QED) is 0.0195. The molecule has 0 saturated carbocycles. The number of nitrogens with one attached hydrogen (secondary N) is 1. The molecule has 0 bridgehead atoms. The molecule has 0 aromatic carbocycles. The zero-order chi connectivity index (χ0) is 58.2. The molecular formula is C69H127NO10. The van der Waals surface area contributed by atoms with Crippen LogP contribution in [-0.4, -0.2) is 99.6 Å². The fourth-order valence-electron chi connectivity index (χ4n) is 10.6. The van der Waals surface area contributed by atoms with E-state index in [0.29, 0.717) is 19.3 Å². The van der Waals surface area contributed by atoms with E-state index >= 15 is 0 Å². The molecule has 468 valence electrons. The van der Waals surface area contributed by atoms with Crippen molar-refractivity contribution in [2.24, 2.45) is 0 Å². The first-order valence-corrected chi connectivity index (χ1v) is 33.9. The van der Waals surface area contributed by atoms with Gasteiger partial charge in [-0.3, -0.25) is 9.59 Å². The van der Waals surface area contributed by atoms with E-state index < -0.39 is 67.4 Å². The maximum atomic E-state index is 13.4. The molecule has 11 nitrogen and oxygen atoms in total. The minimum atomic E-state index is -1.61. The maximum Gasteiger partial charge on any atom is 0.306 e. The molecule has 11 heteroatoms. The summed E-state index contributed by atoms with van der Waals surface area (Å²) in [6.45, 7) is 5.79. The molecule has 0 aromatic heterocycles. The number of esters is 1. The molecule has 8 atom stereocenters. The van der Waals surface area contributed by atoms with E-state index in [0.717, 1.165) is 70.6 Å². The van der Waals surface area contributed by atoms with Crippen molar-refractivity contribution < 1.29 is 49.3 Å². The summed E-state index contributed by atoms with van der Waals surface area (Å²) in [5.74, 6) is -1.18. The van der Waals surface area contributed by atoms with Crippen molar-refractivity contribution in [3.05, 3.63) is 48.6 Å². The summed E-state index contributed by atoms with van der Waals surface area (Å²) in [7, 11) is 0. The lowest BCUT2D eigenvalue weighted by atomic mass is 9.99. The third kappa shape index (κ3) is 44.2. The molecule has 0 radical (unpaired) electrons. The van der Waals surface area contributed by atoms with Gasteiger partial charge in [0.2, 0.25) is 5.91 Å². The smallest absolute Gasteiger partial charge is 0.306 e. The van der Waals surface area contributed by atoms with Gasteiger partial charge in [-0.15, -0.1) is 0 Å². The second-order valence-electron chi connectivity index (χ2n) is 23.6. The van der Waals surface area contributed by atoms with Gasteiger partial charge in [0.25, 0.3) is 0 Å². The van der Waals surface area contributed by atoms with E-state index in [1.54, 1.807) is 6.08 Å². The van der Waals surface area contributed by atoms with Gasteiger partial charge in [0, 0.05) is 6.42 Å². The third-order valence-electron chi connectivity index (χ3n) is 16.0. The Kier molecular flexibility index (Phi) is 54.0. The zero-order valence-electron chi connectivity index (χ0n) is 52.0. The largest absolute Gasteiger partial charge is 0.454 e. The number of hydrogen-bond donors (Lipinski definition) is 6. The maximum absolute atomic E-state index is 13.4. The highest BCUT2D eigenvalue weighted by atomic mass is 16.7. The van der Waals surface area contributed by atoms with E-state index in [4.69, 9.17) is 14.2 Å². The van der Waals surface area contributed by atoms with Gasteiger partial charge in [-0.05, 0) is 64.2 Å². The Morgan fingerprint density at radius 1 is 0.487 bits per heavy atom. The Labute approximate surface area is 491 Å². The summed E-state index contributed by atoms with van der Waals surface area (Å²) in [5.41, 5.74) is 0. The van der Waals surface area contributed by atoms with Gasteiger partial charge in [0.05, 0.1) is 25.4 Å². The lowest BCUT2D eigenvalue weighted by Crippen LogP contribution is -2.61. The second-order valence-corrected chi connectivity index (χ2v) is 23.6. The second kappa shape index (κ2) is 57.1. The Morgan fingerprint density at radius 3 is 1.31 bits per heavy atom. The van der Waals surface area contributed by atoms with Crippen molar-refractivity contribution in [1.29, 1.82) is 0 Å². The lowest BCUT2D eigenvalue weighted by molar-refractivity contribution is -0.305. The number of carbonyl (C=O) groups excluding carboxylic acids is 2. The van der Waals surface area contributed by atoms with E-state index in [9.17, 15) is 35.1 Å². The normalized spacial score (nSPS) is 19.0. The van der Waals surface area contributed by atoms with E-state index in [2.05, 4.69) is 62.5 Å². The molecule has 0 aromatic rings. The van der Waals surface area contributed by atoms with Crippen LogP contribution < -0.4 is 5.32 Å². The van der Waals surface area contributed by atoms with Crippen molar-refractivity contribution in [3.63, 3.8) is 0 Å². The summed E-state index contributed by atoms with van der Waals surface area (Å²) >= 11 is 0. The van der Waals surface area contributed by atoms with Crippen LogP contribution in [0.1, 0.15) is 316 Å². The Balaban J connectivity index is 2.58. The SMILES string of the molecule is CCCCC/C=C\C/C=C\C/C=C\CCCCCCCCCCCCCCC(=O)OC1C(OCC(NC(=O)C(O)CCCCCCCCCCCCCCC)C(O)/C=C/CCCCCCCCCCCCC)OC(CO)C(O)C1O. The molecule has 0 aliphatic carbocycles. The average molecular weight is 1130 g/mol. The minimum absolute atomic E-state index is 0.123. The molecular weight excluding hydrogens is 1000 g/mol. The van der Waals surface area contributed by atoms with Crippen LogP contribution in [0.5, 0.6) is 0 Å². The van der Waals surface area contributed by atoms with Crippen LogP contribution in [0.15, 0.2) is 48.6 Å². The molecule has 1 rings (SSSR count). The molecule has 1 saturated heterocycles. The van der Waals surface area contributed by atoms with Crippen LogP contribution >= 0.6 is 0 Å². The molecule has 8 unspecified atom stereocenters. The van der Waals surface area contributed by atoms with Crippen molar-refractivity contribution >= 4 is 11.9 Å². The Morgan fingerprint density at radius 2 is 0.863 bits per heavy atom. The van der Waals surface area contributed by atoms with Crippen LogP contribution in [0.4, 0.5) is 0 Å². The monoisotopic (exact) mass is 1130 g/mol. The summed E-state index contributed by atoms with van der Waals surface area (Å²) in [6.07, 6.45) is 60.0. The lowest BCUT2D eigenvalue weighted by Gasteiger charge is -2.41. The van der Waals surface area contributed by atoms with Crippen molar-refractivity contribution in [3.8, 4) is 0 Å². The van der Waals surface area contributed by atoms with Crippen LogP contribution in [-0.2, 0) is 23.8 Å². The van der Waals surface area contributed by atoms with Crippen LogP contribution in [0.25, 0.3) is 0 Å². The predicted octanol–water partition coefficient (Wildman–Crippen LogP) is 16.8. The molecule has 6 N–H and O–H groups in total. The van der Waals surface area contributed by atoms with Gasteiger partial charge in [0.1, 0.15) is 24.4 Å². The number of aliphatic hydroxyl groups is 5. The summed E-state index contributed by atoms with van der Waals surface area (Å²) in [6, 6.07) is -1.02. The fraction of sp³-hybridized carbons (Fsp3) is 0.855. The molecule has 1 fully saturated rings. The number of amides is 1. The highest BCUT2D eigenvalue weighted by Gasteiger charge is 2.47. The Hall–Kier alpha value is -2.38. The van der Waals surface area contributed by atoms with Crippen LogP contribution in [0.3, 0.4) is 0 Å². The van der Waals surface area contributed by atoms with Crippen molar-refractivity contribution in [1.82, 2.24) is 5.32 Å². The highest BCUT2D eigenvalue weighted by Crippen LogP contribution is 2.26. The summed E-state index contributed by atoms with van der Waals surface area (Å²) in [5, 5.41) is 57.1. The highest BCUT2D eigenvalue weighted by molar-refractivity contribution is 5.80. The minimum Gasteiger partial charge on any atom is -0.454 e. The standard InChI is InChI=1S/C69H127NO10/c1-4-7-10-13-16-19-22-25-26-27-28-29-30-31-32-33-34-35-36-39-42-45-48-51-54-57-64(74)80-67-66(76)65(75)63(58-71)79-69(67)78-59-60(61(72)55-52-49-46-43-40-37-23-20-17-14-11-8-5-2)70-68(77)62(73)56-53-50-47-44-41-38-24-21-18-15-12-9-6-3/h16,19,25-26,28-29,52,55,60-63,65-67,69,71-73,75-76H,4-15,17-18,20-24,27,30-51,53-54,56-59H2,1-3H3,(H,70,77)/b19-16-,26-25-,29-28-,55-52+. The predicted molar refractivity (Wildman–Crippen MR) is 334 cm³/mol. The van der Waals surface area contributed by atoms with Gasteiger partial charge in [-0.2, -0.15) is 0 Å². The third-order valence-corrected chi connectivity index (χ3v) is 16.0. The number of carbonyl (C=O) groups is 2. The fourth-order valence-corrected chi connectivity index (χ4v) is 10.6. The van der Waals surface area contributed by atoms with Gasteiger partial charge < -0.3 is 45.1 Å². The first-order valence-electron chi connectivity index (χ1n) is 33.9. The van der Waals surface area contributed by atoms with Crippen LogP contribution in [0.2, 0.25) is 0 Å². The van der Waals surface area contributed by atoms with Crippen molar-refractivity contribution in [2.45, 2.75) is 365 Å². The van der Waals surface area contributed by atoms with E-state index in [1.165, 1.54) is 199 Å². The number of ether oxygens (including phenoxy) is 3. The molecule has 1 aliphatic rings. The number of allylic oxidation sites excluding steroid dienone is 7. The van der Waals surface area contributed by atoms with Gasteiger partial charge in [0.15, 0.2) is 12.4 Å². The topological polar surface area (TPSA) is 175 Å². The van der Waals surface area contributed by atoms with Crippen molar-refractivity contribution in [2.75, 3.05) is 13.2 Å². The van der Waals surface area contributed by atoms with E-state index in [1.807, 2.05) is 6.08 Å². The average Bonchev–Trinajstić information content (AvgIpc) is 3.45. The van der Waals surface area contributed by atoms with Gasteiger partial charge in [-0.25, -0.2) is 0 Å². The number of hydrogen-bond acceptors (Lipinski definition) is 10. The number of rotatable bonds is 58. The summed E-state index contributed by atoms with van der Waals surface area (Å²) < 4.78 is 17.7. The molecule has 1 aliphatic heterocycles. The number of unbranched alkanes of at least 4 members (excludes halogenated alkanes) is 38. The molecule has 1 amide bonds. The first kappa shape index (κ1) is 75.6. The summed E-state index contributed by atoms with van der Waals surface area (Å²) in [4.78, 5) is 26.6. The first-order chi connectivity index (χ1) is 39.2. The number of aliphatic hydroxyl groups excluding tert-OH is 5. The van der Waals surface area contributed by atoms with Gasteiger partial charge >= 0.3 is 5.97 Å². The van der Waals surface area contributed by atoms with Crippen LogP contribution in [0, 0.1) is 0 Å². The zero-order valence-corrected chi connectivity index (χ0v) is 52.0. The Bertz CT molecular complexity index is 1490. The molecule has 80 heavy (non-hydrogen) atoms. The molecule has 1 heterocycles. The van der Waals surface area contributed by atoms with E-state index in [-0.39, 0.29) is 13.0 Å². The van der Waals surface area contributed by atoms with Gasteiger partial charge in [-0.1, -0.05) is 294 Å². The molecule has 0 spiro atoms.